The monoisotopic (exact) mass is 253 g/mol. The molecule has 0 radical (unpaired) electrons. The number of hydrogen-bond acceptors (Lipinski definition) is 5. The van der Waals surface area contributed by atoms with Crippen LogP contribution in [-0.4, -0.2) is 17.0 Å². The Morgan fingerprint density at radius 2 is 2.11 bits per heavy atom. The van der Waals surface area contributed by atoms with E-state index in [0.29, 0.717) is 5.56 Å². The second-order valence-electron chi connectivity index (χ2n) is 4.01. The van der Waals surface area contributed by atoms with Crippen LogP contribution in [0.3, 0.4) is 0 Å². The van der Waals surface area contributed by atoms with Crippen molar-refractivity contribution >= 4 is 11.7 Å². The minimum absolute atomic E-state index is 0.0120. The maximum atomic E-state index is 10.9. The molecule has 98 valence electrons. The molecule has 0 aromatic heterocycles. The van der Waals surface area contributed by atoms with Gasteiger partial charge in [0.15, 0.2) is 5.75 Å². The number of ether oxygens (including phenoxy) is 2. The van der Waals surface area contributed by atoms with Crippen LogP contribution in [0.4, 0.5) is 5.69 Å². The summed E-state index contributed by atoms with van der Waals surface area (Å²) in [6.07, 6.45) is -0.150. The number of esters is 1. The zero-order chi connectivity index (χ0) is 13.7. The number of hydrogen-bond donors (Lipinski definition) is 0. The van der Waals surface area contributed by atoms with Gasteiger partial charge in [0.25, 0.3) is 0 Å². The number of carbonyl (C=O) groups excluding carboxylic acids is 1. The summed E-state index contributed by atoms with van der Waals surface area (Å²) in [5.41, 5.74) is 0.418. The predicted molar refractivity (Wildman–Crippen MR) is 64.3 cm³/mol. The van der Waals surface area contributed by atoms with E-state index in [1.165, 1.54) is 19.1 Å². The van der Waals surface area contributed by atoms with E-state index in [-0.39, 0.29) is 24.1 Å². The zero-order valence-corrected chi connectivity index (χ0v) is 10.5. The lowest BCUT2D eigenvalue weighted by molar-refractivity contribution is -0.386. The van der Waals surface area contributed by atoms with Gasteiger partial charge in [0.05, 0.1) is 11.0 Å². The molecule has 0 fully saturated rings. The maximum Gasteiger partial charge on any atom is 0.311 e. The molecule has 0 saturated heterocycles. The highest BCUT2D eigenvalue weighted by Crippen LogP contribution is 2.29. The maximum absolute atomic E-state index is 10.9. The van der Waals surface area contributed by atoms with E-state index in [4.69, 9.17) is 9.47 Å². The zero-order valence-electron chi connectivity index (χ0n) is 10.5. The molecule has 1 aromatic rings. The van der Waals surface area contributed by atoms with Gasteiger partial charge in [-0.1, -0.05) is 6.07 Å². The summed E-state index contributed by atoms with van der Waals surface area (Å²) in [6, 6.07) is 4.49. The number of nitro groups is 1. The van der Waals surface area contributed by atoms with E-state index in [0.717, 1.165) is 0 Å². The van der Waals surface area contributed by atoms with Crippen LogP contribution in [-0.2, 0) is 16.1 Å². The fourth-order valence-electron chi connectivity index (χ4n) is 1.33. The summed E-state index contributed by atoms with van der Waals surface area (Å²) in [6.45, 7) is 4.87. The van der Waals surface area contributed by atoms with Crippen LogP contribution in [0.25, 0.3) is 0 Å². The molecular weight excluding hydrogens is 238 g/mol. The summed E-state index contributed by atoms with van der Waals surface area (Å²) >= 11 is 0. The van der Waals surface area contributed by atoms with Gasteiger partial charge in [-0.25, -0.2) is 0 Å². The minimum Gasteiger partial charge on any atom is -0.484 e. The van der Waals surface area contributed by atoms with E-state index >= 15 is 0 Å². The lowest BCUT2D eigenvalue weighted by Crippen LogP contribution is -2.08. The van der Waals surface area contributed by atoms with Crippen LogP contribution in [0.5, 0.6) is 5.75 Å². The van der Waals surface area contributed by atoms with Gasteiger partial charge >= 0.3 is 11.7 Å². The summed E-state index contributed by atoms with van der Waals surface area (Å²) < 4.78 is 10.1. The van der Waals surface area contributed by atoms with Gasteiger partial charge in [0.1, 0.15) is 6.61 Å². The Bertz CT molecular complexity index is 456. The highest BCUT2D eigenvalue weighted by atomic mass is 16.6. The number of nitrogens with zero attached hydrogens (tertiary/aromatic N) is 1. The van der Waals surface area contributed by atoms with E-state index in [1.807, 2.05) is 0 Å². The molecule has 0 saturated carbocycles. The molecule has 0 bridgehead atoms. The molecule has 0 N–H and O–H groups in total. The van der Waals surface area contributed by atoms with Crippen molar-refractivity contribution in [3.63, 3.8) is 0 Å². The SMILES string of the molecule is CC(=O)OCc1ccc(OC(C)C)c([N+](=O)[O-])c1. The Morgan fingerprint density at radius 1 is 1.44 bits per heavy atom. The summed E-state index contributed by atoms with van der Waals surface area (Å²) in [7, 11) is 0. The lowest BCUT2D eigenvalue weighted by Gasteiger charge is -2.10. The second-order valence-corrected chi connectivity index (χ2v) is 4.01. The molecule has 0 amide bonds. The third kappa shape index (κ3) is 4.04. The largest absolute Gasteiger partial charge is 0.484 e. The third-order valence-electron chi connectivity index (χ3n) is 2.02. The quantitative estimate of drug-likeness (QED) is 0.457. The van der Waals surface area contributed by atoms with Crippen LogP contribution in [0.2, 0.25) is 0 Å². The number of carbonyl (C=O) groups is 1. The third-order valence-corrected chi connectivity index (χ3v) is 2.02. The molecule has 6 heteroatoms. The topological polar surface area (TPSA) is 78.7 Å². The van der Waals surface area contributed by atoms with Gasteiger partial charge < -0.3 is 9.47 Å². The van der Waals surface area contributed by atoms with Gasteiger partial charge in [-0.3, -0.25) is 14.9 Å². The first kappa shape index (κ1) is 14.0. The number of benzene rings is 1. The number of rotatable bonds is 5. The predicted octanol–water partition coefficient (Wildman–Crippen LogP) is 2.45. The Balaban J connectivity index is 2.95. The highest BCUT2D eigenvalue weighted by Gasteiger charge is 2.17. The van der Waals surface area contributed by atoms with E-state index in [2.05, 4.69) is 0 Å². The van der Waals surface area contributed by atoms with Crippen molar-refractivity contribution in [3.8, 4) is 5.75 Å². The van der Waals surface area contributed by atoms with Crippen LogP contribution >= 0.6 is 0 Å². The van der Waals surface area contributed by atoms with Gasteiger partial charge in [-0.05, 0) is 25.5 Å². The Labute approximate surface area is 105 Å². The highest BCUT2D eigenvalue weighted by molar-refractivity contribution is 5.66. The van der Waals surface area contributed by atoms with Crippen LogP contribution in [0.1, 0.15) is 26.3 Å². The Hall–Kier alpha value is -2.11. The fourth-order valence-corrected chi connectivity index (χ4v) is 1.33. The first-order valence-corrected chi connectivity index (χ1v) is 5.47. The standard InChI is InChI=1S/C12H15NO5/c1-8(2)18-12-5-4-10(7-17-9(3)14)6-11(12)13(15)16/h4-6,8H,7H2,1-3H3. The molecule has 0 unspecified atom stereocenters. The lowest BCUT2D eigenvalue weighted by atomic mass is 10.2. The molecule has 1 aromatic carbocycles. The molecule has 6 nitrogen and oxygen atoms in total. The van der Waals surface area contributed by atoms with Crippen molar-refractivity contribution in [2.24, 2.45) is 0 Å². The normalized spacial score (nSPS) is 10.2. The first-order chi connectivity index (χ1) is 8.40. The minimum atomic E-state index is -0.519. The first-order valence-electron chi connectivity index (χ1n) is 5.47. The molecule has 0 aliphatic carbocycles. The summed E-state index contributed by atoms with van der Waals surface area (Å²) in [5, 5.41) is 10.9. The molecular formula is C12H15NO5. The average Bonchev–Trinajstić information content (AvgIpc) is 2.26. The van der Waals surface area contributed by atoms with Crippen molar-refractivity contribution in [2.75, 3.05) is 0 Å². The van der Waals surface area contributed by atoms with Gasteiger partial charge in [-0.2, -0.15) is 0 Å². The smallest absolute Gasteiger partial charge is 0.311 e. The van der Waals surface area contributed by atoms with Crippen molar-refractivity contribution in [2.45, 2.75) is 33.5 Å². The van der Waals surface area contributed by atoms with E-state index in [1.54, 1.807) is 19.9 Å². The molecule has 0 atom stereocenters. The molecule has 0 aliphatic heterocycles. The van der Waals surface area contributed by atoms with Crippen molar-refractivity contribution in [1.82, 2.24) is 0 Å². The molecule has 18 heavy (non-hydrogen) atoms. The van der Waals surface area contributed by atoms with Crippen LogP contribution < -0.4 is 4.74 Å². The fraction of sp³-hybridized carbons (Fsp3) is 0.417. The molecule has 1 rings (SSSR count). The van der Waals surface area contributed by atoms with E-state index in [9.17, 15) is 14.9 Å². The van der Waals surface area contributed by atoms with Crippen LogP contribution in [0.15, 0.2) is 18.2 Å². The summed E-state index contributed by atoms with van der Waals surface area (Å²) in [4.78, 5) is 21.1. The molecule has 0 heterocycles. The Morgan fingerprint density at radius 3 is 2.61 bits per heavy atom. The Kier molecular flexibility index (Phi) is 4.65. The van der Waals surface area contributed by atoms with Crippen LogP contribution in [0, 0.1) is 10.1 Å². The second kappa shape index (κ2) is 6.00. The van der Waals surface area contributed by atoms with Gasteiger partial charge in [-0.15, -0.1) is 0 Å². The van der Waals surface area contributed by atoms with Crippen molar-refractivity contribution in [1.29, 1.82) is 0 Å². The number of nitro benzene ring substituents is 1. The molecule has 0 spiro atoms. The van der Waals surface area contributed by atoms with E-state index < -0.39 is 10.9 Å². The van der Waals surface area contributed by atoms with Crippen molar-refractivity contribution in [3.05, 3.63) is 33.9 Å². The summed E-state index contributed by atoms with van der Waals surface area (Å²) in [5.74, 6) is -0.221. The average molecular weight is 253 g/mol. The van der Waals surface area contributed by atoms with Gasteiger partial charge in [0, 0.05) is 13.0 Å². The molecule has 0 aliphatic rings. The van der Waals surface area contributed by atoms with Crippen molar-refractivity contribution < 1.29 is 19.2 Å². The van der Waals surface area contributed by atoms with Gasteiger partial charge in [0.2, 0.25) is 0 Å².